The van der Waals surface area contributed by atoms with Crippen LogP contribution in [-0.4, -0.2) is 94.9 Å². The Morgan fingerprint density at radius 1 is 0.823 bits per heavy atom. The second-order valence-electron chi connectivity index (χ2n) is 16.5. The molecule has 4 aliphatic rings. The van der Waals surface area contributed by atoms with Crippen LogP contribution in [0.1, 0.15) is 80.9 Å². The first kappa shape index (κ1) is 41.7. The number of H-pyrrole nitrogens is 1. The first-order valence-corrected chi connectivity index (χ1v) is 20.8. The van der Waals surface area contributed by atoms with E-state index in [4.69, 9.17) is 37.0 Å². The maximum absolute atomic E-state index is 13.6. The molecule has 0 unspecified atom stereocenters. The Morgan fingerprint density at radius 2 is 1.44 bits per heavy atom. The molecule has 0 saturated carbocycles. The van der Waals surface area contributed by atoms with E-state index >= 15 is 0 Å². The van der Waals surface area contributed by atoms with Gasteiger partial charge in [-0.15, -0.1) is 24.7 Å². The van der Waals surface area contributed by atoms with Gasteiger partial charge in [-0.25, -0.2) is 14.6 Å². The molecule has 0 bridgehead atoms. The molecule has 62 heavy (non-hydrogen) atoms. The number of likely N-dealkylation sites (tertiary alicyclic amines) is 2. The number of nitrogens with one attached hydrogen (secondary N) is 3. The molecule has 2 saturated heterocycles. The van der Waals surface area contributed by atoms with Crippen LogP contribution in [0.25, 0.3) is 22.4 Å². The topological polar surface area (TPSA) is 168 Å². The fraction of sp³-hybridized carbons (Fsp3) is 0.375. The second kappa shape index (κ2) is 17.1. The van der Waals surface area contributed by atoms with E-state index in [1.54, 1.807) is 16.0 Å². The Morgan fingerprint density at radius 3 is 2.10 bits per heavy atom. The fourth-order valence-corrected chi connectivity index (χ4v) is 9.22. The molecule has 2 fully saturated rings. The lowest BCUT2D eigenvalue weighted by molar-refractivity contribution is -0.134. The van der Waals surface area contributed by atoms with Crippen molar-refractivity contribution in [1.29, 1.82) is 0 Å². The molecule has 4 amide bonds. The minimum absolute atomic E-state index is 0.0458. The Balaban J connectivity index is 0.970. The Hall–Kier alpha value is -7.06. The minimum Gasteiger partial charge on any atom is -0.457 e. The van der Waals surface area contributed by atoms with E-state index in [9.17, 15) is 19.2 Å². The summed E-state index contributed by atoms with van der Waals surface area (Å²) in [5.41, 5.74) is 8.37. The van der Waals surface area contributed by atoms with E-state index < -0.39 is 29.7 Å². The van der Waals surface area contributed by atoms with Crippen LogP contribution in [0.4, 0.5) is 15.3 Å². The smallest absolute Gasteiger partial charge is 0.407 e. The summed E-state index contributed by atoms with van der Waals surface area (Å²) >= 11 is 0. The zero-order chi connectivity index (χ0) is 43.7. The number of benzene rings is 3. The average molecular weight is 836 g/mol. The van der Waals surface area contributed by atoms with Gasteiger partial charge >= 0.3 is 12.2 Å². The van der Waals surface area contributed by atoms with Gasteiger partial charge in [0.25, 0.3) is 0 Å². The van der Waals surface area contributed by atoms with Crippen LogP contribution in [-0.2, 0) is 30.9 Å². The van der Waals surface area contributed by atoms with Crippen molar-refractivity contribution in [1.82, 2.24) is 30.4 Å². The molecule has 4 aliphatic heterocycles. The van der Waals surface area contributed by atoms with Crippen molar-refractivity contribution >= 4 is 35.4 Å². The summed E-state index contributed by atoms with van der Waals surface area (Å²) in [5.74, 6) is 6.69. The normalized spacial score (nSPS) is 19.0. The maximum Gasteiger partial charge on any atom is 0.407 e. The molecule has 1 aromatic heterocycles. The van der Waals surface area contributed by atoms with E-state index in [1.165, 1.54) is 14.2 Å². The number of amides is 4. The molecule has 8 rings (SSSR count). The summed E-state index contributed by atoms with van der Waals surface area (Å²) in [6, 6.07) is 16.5. The highest BCUT2D eigenvalue weighted by molar-refractivity contribution is 6.01. The van der Waals surface area contributed by atoms with Gasteiger partial charge in [-0.05, 0) is 78.8 Å². The van der Waals surface area contributed by atoms with Crippen LogP contribution in [0.2, 0.25) is 0 Å². The van der Waals surface area contributed by atoms with Gasteiger partial charge in [0.05, 0.1) is 43.9 Å². The molecule has 0 aliphatic carbocycles. The minimum atomic E-state index is -0.895. The summed E-state index contributed by atoms with van der Waals surface area (Å²) in [4.78, 5) is 67.7. The average Bonchev–Trinajstić information content (AvgIpc) is 4.12. The number of aromatic amines is 1. The van der Waals surface area contributed by atoms with Crippen LogP contribution in [0.5, 0.6) is 11.5 Å². The van der Waals surface area contributed by atoms with Gasteiger partial charge in [0.15, 0.2) is 0 Å². The van der Waals surface area contributed by atoms with Gasteiger partial charge in [0.2, 0.25) is 11.8 Å². The number of terminal acetylenes is 2. The number of fused-ring (bicyclic) bond motifs is 3. The van der Waals surface area contributed by atoms with Crippen molar-refractivity contribution in [2.24, 2.45) is 4.99 Å². The van der Waals surface area contributed by atoms with Crippen LogP contribution in [0, 0.1) is 24.7 Å². The number of hydrogen-bond acceptors (Lipinski definition) is 9. The number of alkyl carbamates (subject to hydrolysis) is 2. The van der Waals surface area contributed by atoms with Gasteiger partial charge in [0.1, 0.15) is 29.4 Å². The molecule has 14 nitrogen and oxygen atoms in total. The van der Waals surface area contributed by atoms with Gasteiger partial charge in [-0.3, -0.25) is 14.6 Å². The van der Waals surface area contributed by atoms with E-state index in [0.29, 0.717) is 25.3 Å². The molecule has 4 atom stereocenters. The number of carbonyl (C=O) groups excluding carboxylic acids is 4. The summed E-state index contributed by atoms with van der Waals surface area (Å²) < 4.78 is 16.1. The lowest BCUT2D eigenvalue weighted by atomic mass is 9.75. The predicted octanol–water partition coefficient (Wildman–Crippen LogP) is 6.95. The highest BCUT2D eigenvalue weighted by atomic mass is 16.5. The largest absolute Gasteiger partial charge is 0.457 e. The van der Waals surface area contributed by atoms with Gasteiger partial charge in [-0.1, -0.05) is 32.0 Å². The SMILES string of the molecule is C#CC[C@H](NC(=O)OC)C(=O)N1CCC[C@H]1C1=Nc2ccc(-c3ccc4c(c3)Oc3ccc(-c5cnc([C@@H]6CCCN6C(=O)[C@H](CC#C)NC(=O)OC)[nH]5)cc3C4(C)C)cc2C1. The molecule has 4 aromatic rings. The van der Waals surface area contributed by atoms with Crippen molar-refractivity contribution in [3.05, 3.63) is 83.3 Å². The van der Waals surface area contributed by atoms with Crippen LogP contribution in [0.3, 0.4) is 0 Å². The van der Waals surface area contributed by atoms with Gasteiger partial charge in [-0.2, -0.15) is 0 Å². The third kappa shape index (κ3) is 7.84. The maximum atomic E-state index is 13.6. The number of imidazole rings is 1. The lowest BCUT2D eigenvalue weighted by Gasteiger charge is -2.35. The third-order valence-corrected chi connectivity index (χ3v) is 12.4. The highest BCUT2D eigenvalue weighted by Gasteiger charge is 2.39. The summed E-state index contributed by atoms with van der Waals surface area (Å²) in [5, 5.41) is 5.16. The molecule has 3 aromatic carbocycles. The zero-order valence-electron chi connectivity index (χ0n) is 35.2. The Bertz CT molecular complexity index is 2560. The van der Waals surface area contributed by atoms with Crippen molar-refractivity contribution < 1.29 is 33.4 Å². The molecule has 14 heteroatoms. The number of nitrogens with zero attached hydrogens (tertiary/aromatic N) is 4. The molecule has 5 heterocycles. The van der Waals surface area contributed by atoms with E-state index in [0.717, 1.165) is 87.7 Å². The van der Waals surface area contributed by atoms with Crippen molar-refractivity contribution in [2.75, 3.05) is 27.3 Å². The van der Waals surface area contributed by atoms with Crippen LogP contribution < -0.4 is 15.4 Å². The quantitative estimate of drug-likeness (QED) is 0.144. The third-order valence-electron chi connectivity index (χ3n) is 12.4. The van der Waals surface area contributed by atoms with Gasteiger partial charge in [0, 0.05) is 60.2 Å². The fourth-order valence-electron chi connectivity index (χ4n) is 9.22. The Labute approximate surface area is 360 Å². The standard InChI is InChI=1S/C48H49N7O7/c1-7-11-35(52-46(58)60-5)44(56)54-21-9-13-39(54)37-25-31-23-28(16-19-34(31)50-37)29-15-18-32-42(26-29)62-41-20-17-30(24-33(41)48(32,3)4)38-27-49-43(51-38)40-14-10-22-55(40)45(57)36(12-8-2)53-47(59)61-6/h1-2,15-20,23-24,26-27,35-36,39-40H,9-14,21-22,25H2,3-6H3,(H,49,51)(H,52,58)(H,53,59)/t35-,36-,39-,40-/m0/s1. The van der Waals surface area contributed by atoms with Crippen molar-refractivity contribution in [2.45, 2.75) is 88.4 Å². The summed E-state index contributed by atoms with van der Waals surface area (Å²) in [7, 11) is 2.50. The number of methoxy groups -OCH3 is 2. The highest BCUT2D eigenvalue weighted by Crippen LogP contribution is 2.50. The molecular weight excluding hydrogens is 787 g/mol. The molecule has 0 radical (unpaired) electrons. The monoisotopic (exact) mass is 835 g/mol. The summed E-state index contributed by atoms with van der Waals surface area (Å²) in [6.45, 7) is 5.47. The molecule has 318 valence electrons. The number of aromatic nitrogens is 2. The Kier molecular flexibility index (Phi) is 11.5. The first-order chi connectivity index (χ1) is 29.9. The first-order valence-electron chi connectivity index (χ1n) is 20.8. The predicted molar refractivity (Wildman–Crippen MR) is 233 cm³/mol. The van der Waals surface area contributed by atoms with E-state index in [-0.39, 0.29) is 36.7 Å². The molecule has 3 N–H and O–H groups in total. The number of hydrogen-bond donors (Lipinski definition) is 3. The van der Waals surface area contributed by atoms with Crippen LogP contribution in [0.15, 0.2) is 65.8 Å². The molecular formula is C48H49N7O7. The molecule has 0 spiro atoms. The second-order valence-corrected chi connectivity index (χ2v) is 16.5. The number of rotatable bonds is 10. The van der Waals surface area contributed by atoms with Crippen LogP contribution >= 0.6 is 0 Å². The lowest BCUT2D eigenvalue weighted by Crippen LogP contribution is -2.51. The van der Waals surface area contributed by atoms with Crippen molar-refractivity contribution in [3.63, 3.8) is 0 Å². The van der Waals surface area contributed by atoms with E-state index in [2.05, 4.69) is 77.7 Å². The number of carbonyl (C=O) groups is 4. The number of ether oxygens (including phenoxy) is 3. The zero-order valence-corrected chi connectivity index (χ0v) is 35.2. The van der Waals surface area contributed by atoms with E-state index in [1.807, 2.05) is 18.2 Å². The number of aliphatic imine (C=N–C) groups is 1. The van der Waals surface area contributed by atoms with Crippen molar-refractivity contribution in [3.8, 4) is 58.6 Å². The summed E-state index contributed by atoms with van der Waals surface area (Å²) in [6.07, 6.45) is 15.3. The van der Waals surface area contributed by atoms with Gasteiger partial charge < -0.3 is 39.6 Å².